The minimum atomic E-state index is -0.887. The van der Waals surface area contributed by atoms with E-state index in [0.717, 1.165) is 27.6 Å². The third-order valence-electron chi connectivity index (χ3n) is 6.40. The minimum Gasteiger partial charge on any atom is -0.484 e. The standard InChI is InChI=1S/C33H28ClN5O3/c34-26-14-10-23(11-15-26)8-9-24-12-16-28(17-13-24)42-22-32(40)38-31(19-25-20-36-30-7-2-1-6-29(25)30)33(41)39-37-21-27-5-3-4-18-35-27/h1-18,20-21,31,36H,19,22H2,(H,38,40)(H,39,41)/b9-8+,37-21+. The third-order valence-corrected chi connectivity index (χ3v) is 6.65. The second kappa shape index (κ2) is 13.9. The third kappa shape index (κ3) is 7.93. The predicted octanol–water partition coefficient (Wildman–Crippen LogP) is 5.64. The summed E-state index contributed by atoms with van der Waals surface area (Å²) >= 11 is 5.94. The SMILES string of the molecule is O=C(COc1ccc(/C=C/c2ccc(Cl)cc2)cc1)NC(Cc1c[nH]c2ccccc12)C(=O)N/N=C/c1ccccn1. The van der Waals surface area contributed by atoms with E-state index in [0.29, 0.717) is 16.5 Å². The zero-order chi connectivity index (χ0) is 29.1. The largest absolute Gasteiger partial charge is 0.484 e. The number of pyridine rings is 1. The van der Waals surface area contributed by atoms with Crippen molar-refractivity contribution in [3.05, 3.63) is 131 Å². The monoisotopic (exact) mass is 577 g/mol. The number of benzene rings is 3. The highest BCUT2D eigenvalue weighted by molar-refractivity contribution is 6.30. The van der Waals surface area contributed by atoms with Gasteiger partial charge in [-0.3, -0.25) is 14.6 Å². The Balaban J connectivity index is 1.20. The Morgan fingerprint density at radius 1 is 0.929 bits per heavy atom. The number of rotatable bonds is 11. The lowest BCUT2D eigenvalue weighted by Gasteiger charge is -2.17. The van der Waals surface area contributed by atoms with E-state index in [2.05, 4.69) is 25.8 Å². The summed E-state index contributed by atoms with van der Waals surface area (Å²) in [5, 5.41) is 8.47. The van der Waals surface area contributed by atoms with Gasteiger partial charge in [0.2, 0.25) is 0 Å². The van der Waals surface area contributed by atoms with Crippen molar-refractivity contribution in [3.8, 4) is 5.75 Å². The molecule has 2 amide bonds. The number of aromatic amines is 1. The molecular formula is C33H28ClN5O3. The number of hydrazone groups is 1. The first kappa shape index (κ1) is 28.3. The van der Waals surface area contributed by atoms with Crippen LogP contribution >= 0.6 is 11.6 Å². The van der Waals surface area contributed by atoms with Crippen molar-refractivity contribution >= 4 is 52.7 Å². The summed E-state index contributed by atoms with van der Waals surface area (Å²) in [5.41, 5.74) is 6.95. The number of aromatic nitrogens is 2. The highest BCUT2D eigenvalue weighted by Gasteiger charge is 2.23. The van der Waals surface area contributed by atoms with Crippen LogP contribution in [-0.2, 0) is 16.0 Å². The van der Waals surface area contributed by atoms with Crippen LogP contribution < -0.4 is 15.5 Å². The summed E-state index contributed by atoms with van der Waals surface area (Å²) in [4.78, 5) is 33.3. The van der Waals surface area contributed by atoms with Crippen LogP contribution in [0.1, 0.15) is 22.4 Å². The van der Waals surface area contributed by atoms with Crippen molar-refractivity contribution < 1.29 is 14.3 Å². The van der Waals surface area contributed by atoms with E-state index in [1.54, 1.807) is 30.5 Å². The number of H-pyrrole nitrogens is 1. The molecule has 3 N–H and O–H groups in total. The molecule has 2 heterocycles. The van der Waals surface area contributed by atoms with E-state index in [4.69, 9.17) is 16.3 Å². The van der Waals surface area contributed by atoms with Gasteiger partial charge in [-0.15, -0.1) is 0 Å². The average molecular weight is 578 g/mol. The van der Waals surface area contributed by atoms with Gasteiger partial charge in [0.05, 0.1) is 11.9 Å². The highest BCUT2D eigenvalue weighted by atomic mass is 35.5. The van der Waals surface area contributed by atoms with Gasteiger partial charge in [-0.25, -0.2) is 5.43 Å². The first-order valence-corrected chi connectivity index (χ1v) is 13.7. The summed E-state index contributed by atoms with van der Waals surface area (Å²) in [7, 11) is 0. The molecule has 1 unspecified atom stereocenters. The predicted molar refractivity (Wildman–Crippen MR) is 166 cm³/mol. The minimum absolute atomic E-state index is 0.255. The molecule has 0 aliphatic rings. The number of halogens is 1. The van der Waals surface area contributed by atoms with Crippen LogP contribution in [0.3, 0.4) is 0 Å². The maximum Gasteiger partial charge on any atom is 0.262 e. The van der Waals surface area contributed by atoms with Gasteiger partial charge in [0.25, 0.3) is 11.8 Å². The number of amides is 2. The van der Waals surface area contributed by atoms with Gasteiger partial charge in [-0.05, 0) is 59.2 Å². The number of hydrogen-bond acceptors (Lipinski definition) is 5. The molecule has 0 bridgehead atoms. The highest BCUT2D eigenvalue weighted by Crippen LogP contribution is 2.20. The van der Waals surface area contributed by atoms with E-state index in [9.17, 15) is 9.59 Å². The molecule has 0 fully saturated rings. The number of carbonyl (C=O) groups excluding carboxylic acids is 2. The second-order valence-electron chi connectivity index (χ2n) is 9.42. The van der Waals surface area contributed by atoms with Crippen LogP contribution in [0.25, 0.3) is 23.1 Å². The number of carbonyl (C=O) groups is 2. The van der Waals surface area contributed by atoms with Gasteiger partial charge in [-0.2, -0.15) is 5.10 Å². The van der Waals surface area contributed by atoms with Crippen LogP contribution in [0.4, 0.5) is 0 Å². The molecule has 8 nitrogen and oxygen atoms in total. The van der Waals surface area contributed by atoms with E-state index in [-0.39, 0.29) is 13.0 Å². The molecule has 1 atom stereocenters. The van der Waals surface area contributed by atoms with Crippen LogP contribution in [0.15, 0.2) is 108 Å². The topological polar surface area (TPSA) is 108 Å². The van der Waals surface area contributed by atoms with Crippen molar-refractivity contribution in [2.75, 3.05) is 6.61 Å². The van der Waals surface area contributed by atoms with Gasteiger partial charge in [-0.1, -0.05) is 72.3 Å². The van der Waals surface area contributed by atoms with Crippen LogP contribution in [-0.4, -0.2) is 40.6 Å². The maximum atomic E-state index is 13.1. The Kier molecular flexibility index (Phi) is 9.39. The summed E-state index contributed by atoms with van der Waals surface area (Å²) in [6, 6.07) is 27.2. The first-order chi connectivity index (χ1) is 20.5. The van der Waals surface area contributed by atoms with Gasteiger partial charge >= 0.3 is 0 Å². The van der Waals surface area contributed by atoms with Crippen LogP contribution in [0.5, 0.6) is 5.75 Å². The van der Waals surface area contributed by atoms with Crippen molar-refractivity contribution in [2.24, 2.45) is 5.10 Å². The summed E-state index contributed by atoms with van der Waals surface area (Å²) in [6.07, 6.45) is 9.14. The fraction of sp³-hybridized carbons (Fsp3) is 0.0909. The molecular weight excluding hydrogens is 550 g/mol. The fourth-order valence-electron chi connectivity index (χ4n) is 4.25. The summed E-state index contributed by atoms with van der Waals surface area (Å²) < 4.78 is 5.70. The molecule has 0 aliphatic carbocycles. The normalized spacial score (nSPS) is 12.0. The maximum absolute atomic E-state index is 13.1. The fourth-order valence-corrected chi connectivity index (χ4v) is 4.37. The lowest BCUT2D eigenvalue weighted by Crippen LogP contribution is -2.48. The summed E-state index contributed by atoms with van der Waals surface area (Å²) in [5.74, 6) is -0.362. The Morgan fingerprint density at radius 3 is 2.38 bits per heavy atom. The molecule has 5 rings (SSSR count). The molecule has 0 spiro atoms. The van der Waals surface area contributed by atoms with Gasteiger partial charge < -0.3 is 15.0 Å². The van der Waals surface area contributed by atoms with Crippen molar-refractivity contribution in [1.82, 2.24) is 20.7 Å². The van der Waals surface area contributed by atoms with E-state index in [1.807, 2.05) is 85.1 Å². The smallest absolute Gasteiger partial charge is 0.262 e. The number of para-hydroxylation sites is 1. The molecule has 0 radical (unpaired) electrons. The van der Waals surface area contributed by atoms with Gasteiger partial charge in [0.15, 0.2) is 6.61 Å². The second-order valence-corrected chi connectivity index (χ2v) is 9.85. The number of ether oxygens (including phenoxy) is 1. The van der Waals surface area contributed by atoms with Crippen molar-refractivity contribution in [2.45, 2.75) is 12.5 Å². The molecule has 42 heavy (non-hydrogen) atoms. The Bertz CT molecular complexity index is 1700. The average Bonchev–Trinajstić information content (AvgIpc) is 3.43. The van der Waals surface area contributed by atoms with Crippen LogP contribution in [0.2, 0.25) is 5.02 Å². The van der Waals surface area contributed by atoms with Gasteiger partial charge in [0.1, 0.15) is 11.8 Å². The van der Waals surface area contributed by atoms with E-state index >= 15 is 0 Å². The Labute approximate surface area is 248 Å². The Hall–Kier alpha value is -5.21. The molecule has 9 heteroatoms. The van der Waals surface area contributed by atoms with Crippen molar-refractivity contribution in [1.29, 1.82) is 0 Å². The quantitative estimate of drug-likeness (QED) is 0.107. The van der Waals surface area contributed by atoms with Gasteiger partial charge in [0, 0.05) is 34.7 Å². The lowest BCUT2D eigenvalue weighted by molar-refractivity contribution is -0.130. The Morgan fingerprint density at radius 2 is 1.64 bits per heavy atom. The number of nitrogens with one attached hydrogen (secondary N) is 3. The molecule has 3 aromatic carbocycles. The number of nitrogens with zero attached hydrogens (tertiary/aromatic N) is 2. The first-order valence-electron chi connectivity index (χ1n) is 13.3. The van der Waals surface area contributed by atoms with Crippen LogP contribution in [0, 0.1) is 0 Å². The lowest BCUT2D eigenvalue weighted by atomic mass is 10.0. The van der Waals surface area contributed by atoms with Crippen molar-refractivity contribution in [3.63, 3.8) is 0 Å². The zero-order valence-electron chi connectivity index (χ0n) is 22.5. The number of fused-ring (bicyclic) bond motifs is 1. The molecule has 0 saturated carbocycles. The van der Waals surface area contributed by atoms with E-state index < -0.39 is 17.9 Å². The molecule has 210 valence electrons. The number of hydrogen-bond donors (Lipinski definition) is 3. The summed E-state index contributed by atoms with van der Waals surface area (Å²) in [6.45, 7) is -0.255. The molecule has 0 aliphatic heterocycles. The molecule has 5 aromatic rings. The zero-order valence-corrected chi connectivity index (χ0v) is 23.3. The van der Waals surface area contributed by atoms with E-state index in [1.165, 1.54) is 6.21 Å². The molecule has 0 saturated heterocycles. The molecule has 2 aromatic heterocycles.